The van der Waals surface area contributed by atoms with Crippen LogP contribution in [0.4, 0.5) is 8.78 Å². The molecule has 3 unspecified atom stereocenters. The monoisotopic (exact) mass is 346 g/mol. The molecule has 3 atom stereocenters. The minimum absolute atomic E-state index is 0.0521. The standard InChI is InChI=1S/C9H8F2O8S2/c10-9(11,21(15,16)17)8(12)18-6-3-1-4-5(2-3)20(13,14)19-7(4)6/h3-5H,1-2H2,(H,15,16,17). The summed E-state index contributed by atoms with van der Waals surface area (Å²) >= 11 is 0. The zero-order valence-corrected chi connectivity index (χ0v) is 11.7. The molecular weight excluding hydrogens is 338 g/mol. The Morgan fingerprint density at radius 3 is 2.57 bits per heavy atom. The van der Waals surface area contributed by atoms with E-state index < -0.39 is 54.3 Å². The first-order valence-electron chi connectivity index (χ1n) is 5.69. The minimum Gasteiger partial charge on any atom is -0.422 e. The normalized spacial score (nSPS) is 33.2. The fourth-order valence-corrected chi connectivity index (χ4v) is 4.82. The highest BCUT2D eigenvalue weighted by Crippen LogP contribution is 2.57. The molecular formula is C9H8F2O8S2. The van der Waals surface area contributed by atoms with Crippen molar-refractivity contribution in [2.45, 2.75) is 23.3 Å². The van der Waals surface area contributed by atoms with Crippen molar-refractivity contribution in [2.24, 2.45) is 11.8 Å². The summed E-state index contributed by atoms with van der Waals surface area (Å²) in [5, 5.41) is -5.93. The van der Waals surface area contributed by atoms with Gasteiger partial charge in [-0.05, 0) is 12.8 Å². The topological polar surface area (TPSA) is 124 Å². The van der Waals surface area contributed by atoms with Gasteiger partial charge in [-0.25, -0.2) is 4.79 Å². The number of alkyl halides is 2. The molecule has 2 bridgehead atoms. The quantitative estimate of drug-likeness (QED) is 0.430. The van der Waals surface area contributed by atoms with Crippen molar-refractivity contribution in [3.05, 3.63) is 11.5 Å². The van der Waals surface area contributed by atoms with E-state index in [1.165, 1.54) is 0 Å². The largest absolute Gasteiger partial charge is 0.466 e. The fraction of sp³-hybridized carbons (Fsp3) is 0.667. The van der Waals surface area contributed by atoms with Crippen LogP contribution in [0, 0.1) is 11.8 Å². The van der Waals surface area contributed by atoms with Crippen LogP contribution < -0.4 is 0 Å². The van der Waals surface area contributed by atoms with E-state index in [1.807, 2.05) is 0 Å². The van der Waals surface area contributed by atoms with E-state index in [1.54, 1.807) is 0 Å². The lowest BCUT2D eigenvalue weighted by molar-refractivity contribution is -0.158. The van der Waals surface area contributed by atoms with Crippen LogP contribution in [0.1, 0.15) is 12.8 Å². The van der Waals surface area contributed by atoms with Crippen molar-refractivity contribution in [2.75, 3.05) is 0 Å². The van der Waals surface area contributed by atoms with Gasteiger partial charge < -0.3 is 8.92 Å². The molecule has 21 heavy (non-hydrogen) atoms. The maximum absolute atomic E-state index is 13.1. The number of rotatable bonds is 3. The van der Waals surface area contributed by atoms with Gasteiger partial charge in [0, 0.05) is 11.8 Å². The maximum Gasteiger partial charge on any atom is 0.466 e. The molecule has 0 spiro atoms. The molecule has 2 fully saturated rings. The van der Waals surface area contributed by atoms with E-state index >= 15 is 0 Å². The van der Waals surface area contributed by atoms with E-state index in [4.69, 9.17) is 4.55 Å². The predicted molar refractivity (Wildman–Crippen MR) is 59.6 cm³/mol. The van der Waals surface area contributed by atoms with Gasteiger partial charge in [0.2, 0.25) is 0 Å². The molecule has 0 amide bonds. The van der Waals surface area contributed by atoms with E-state index in [0.717, 1.165) is 0 Å². The third kappa shape index (κ3) is 1.89. The Hall–Kier alpha value is -1.27. The van der Waals surface area contributed by atoms with Crippen LogP contribution in [0.3, 0.4) is 0 Å². The van der Waals surface area contributed by atoms with Gasteiger partial charge in [-0.15, -0.1) is 0 Å². The summed E-state index contributed by atoms with van der Waals surface area (Å²) in [6.07, 6.45) is 0.315. The molecule has 0 aromatic rings. The third-order valence-electron chi connectivity index (χ3n) is 3.80. The molecule has 0 aromatic carbocycles. The van der Waals surface area contributed by atoms with Gasteiger partial charge in [0.15, 0.2) is 11.5 Å². The first-order chi connectivity index (χ1) is 9.45. The number of halogens is 2. The molecule has 8 nitrogen and oxygen atoms in total. The highest BCUT2D eigenvalue weighted by Gasteiger charge is 2.62. The lowest BCUT2D eigenvalue weighted by Crippen LogP contribution is -2.39. The number of hydrogen-bond acceptors (Lipinski definition) is 7. The molecule has 1 saturated carbocycles. The Kier molecular flexibility index (Phi) is 2.74. The van der Waals surface area contributed by atoms with Crippen molar-refractivity contribution in [1.29, 1.82) is 0 Å². The molecule has 12 heteroatoms. The van der Waals surface area contributed by atoms with Crippen LogP contribution in [0.2, 0.25) is 0 Å². The van der Waals surface area contributed by atoms with Crippen molar-refractivity contribution in [1.82, 2.24) is 0 Å². The second-order valence-corrected chi connectivity index (χ2v) is 8.22. The van der Waals surface area contributed by atoms with Gasteiger partial charge in [0.25, 0.3) is 0 Å². The zero-order chi connectivity index (χ0) is 15.8. The summed E-state index contributed by atoms with van der Waals surface area (Å²) in [7, 11) is -9.85. The van der Waals surface area contributed by atoms with Gasteiger partial charge in [0.1, 0.15) is 5.25 Å². The Balaban J connectivity index is 1.91. The summed E-state index contributed by atoms with van der Waals surface area (Å²) in [6.45, 7) is 0. The number of carbonyl (C=O) groups excluding carboxylic acids is 1. The Labute approximate surface area is 117 Å². The molecule has 118 valence electrons. The Bertz CT molecular complexity index is 766. The molecule has 1 heterocycles. The number of allylic oxidation sites excluding steroid dienone is 2. The van der Waals surface area contributed by atoms with Crippen molar-refractivity contribution >= 4 is 26.2 Å². The summed E-state index contributed by atoms with van der Waals surface area (Å²) in [5.74, 6) is -4.29. The first-order valence-corrected chi connectivity index (χ1v) is 8.61. The highest BCUT2D eigenvalue weighted by molar-refractivity contribution is 7.88. The molecule has 3 rings (SSSR count). The highest BCUT2D eigenvalue weighted by atomic mass is 32.2. The zero-order valence-electron chi connectivity index (χ0n) is 10.0. The fourth-order valence-electron chi connectivity index (χ4n) is 2.88. The van der Waals surface area contributed by atoms with Crippen LogP contribution in [0.25, 0.3) is 0 Å². The van der Waals surface area contributed by atoms with Crippen molar-refractivity contribution in [3.8, 4) is 0 Å². The summed E-state index contributed by atoms with van der Waals surface area (Å²) in [5.41, 5.74) is 0. The minimum atomic E-state index is -5.98. The smallest absolute Gasteiger partial charge is 0.422 e. The van der Waals surface area contributed by atoms with Gasteiger partial charge in [-0.3, -0.25) is 4.55 Å². The third-order valence-corrected chi connectivity index (χ3v) is 6.28. The lowest BCUT2D eigenvalue weighted by atomic mass is 10.0. The molecule has 1 N–H and O–H groups in total. The first kappa shape index (κ1) is 14.7. The van der Waals surface area contributed by atoms with Crippen LogP contribution in [0.15, 0.2) is 11.5 Å². The van der Waals surface area contributed by atoms with Gasteiger partial charge >= 0.3 is 31.5 Å². The molecule has 3 aliphatic rings. The maximum atomic E-state index is 13.1. The van der Waals surface area contributed by atoms with E-state index in [9.17, 15) is 30.4 Å². The molecule has 2 aliphatic carbocycles. The van der Waals surface area contributed by atoms with Crippen molar-refractivity contribution < 1.29 is 43.9 Å². The number of carbonyl (C=O) groups is 1. The Morgan fingerprint density at radius 2 is 2.00 bits per heavy atom. The second kappa shape index (κ2) is 3.93. The number of fused-ring (bicyclic) bond motifs is 1. The summed E-state index contributed by atoms with van der Waals surface area (Å²) in [4.78, 5) is 11.2. The number of hydrogen-bond donors (Lipinski definition) is 1. The van der Waals surface area contributed by atoms with Gasteiger partial charge in [-0.1, -0.05) is 0 Å². The van der Waals surface area contributed by atoms with Crippen LogP contribution in [-0.4, -0.2) is 37.9 Å². The average Bonchev–Trinajstić information content (AvgIpc) is 2.91. The summed E-state index contributed by atoms with van der Waals surface area (Å²) < 4.78 is 87.6. The second-order valence-electron chi connectivity index (χ2n) is 5.00. The molecule has 0 aromatic heterocycles. The number of esters is 1. The van der Waals surface area contributed by atoms with Crippen LogP contribution >= 0.6 is 0 Å². The average molecular weight is 346 g/mol. The number of ether oxygens (including phenoxy) is 1. The van der Waals surface area contributed by atoms with E-state index in [-0.39, 0.29) is 18.6 Å². The van der Waals surface area contributed by atoms with E-state index in [0.29, 0.717) is 0 Å². The van der Waals surface area contributed by atoms with Crippen LogP contribution in [-0.2, 0) is 34.0 Å². The van der Waals surface area contributed by atoms with E-state index in [2.05, 4.69) is 8.92 Å². The molecule has 1 saturated heterocycles. The summed E-state index contributed by atoms with van der Waals surface area (Å²) in [6, 6.07) is 0. The van der Waals surface area contributed by atoms with Crippen LogP contribution in [0.5, 0.6) is 0 Å². The SMILES string of the molecule is O=C(OC1=C2OS(=O)(=O)C3CC1CC23)C(F)(F)S(=O)(=O)O. The van der Waals surface area contributed by atoms with Crippen molar-refractivity contribution in [3.63, 3.8) is 0 Å². The predicted octanol–water partition coefficient (Wildman–Crippen LogP) is -0.00980. The lowest BCUT2D eigenvalue weighted by Gasteiger charge is -2.16. The Morgan fingerprint density at radius 1 is 1.38 bits per heavy atom. The molecule has 0 radical (unpaired) electrons. The van der Waals surface area contributed by atoms with Gasteiger partial charge in [-0.2, -0.15) is 25.6 Å². The molecule has 1 aliphatic heterocycles. The van der Waals surface area contributed by atoms with Gasteiger partial charge in [0.05, 0.1) is 0 Å².